The van der Waals surface area contributed by atoms with Crippen LogP contribution >= 0.6 is 0 Å². The number of aliphatic hydroxyl groups excluding tert-OH is 1. The third kappa shape index (κ3) is 4.06. The van der Waals surface area contributed by atoms with Crippen LogP contribution in [0, 0.1) is 11.8 Å². The van der Waals surface area contributed by atoms with E-state index in [1.165, 1.54) is 12.3 Å². The molecule has 0 amide bonds. The molecule has 1 rings (SSSR count). The topological polar surface area (TPSA) is 79.3 Å². The summed E-state index contributed by atoms with van der Waals surface area (Å²) in [5.74, 6) is 5.38. The van der Waals surface area contributed by atoms with Crippen LogP contribution in [0.2, 0.25) is 0 Å². The fourth-order valence-electron chi connectivity index (χ4n) is 0.969. The van der Waals surface area contributed by atoms with Gasteiger partial charge in [-0.15, -0.1) is 0 Å². The number of aromatic nitrogens is 1. The monoisotopic (exact) mass is 254 g/mol. The van der Waals surface area contributed by atoms with Gasteiger partial charge in [0.15, 0.2) is 0 Å². The molecule has 0 fully saturated rings. The summed E-state index contributed by atoms with van der Waals surface area (Å²) in [4.78, 5) is 3.89. The van der Waals surface area contributed by atoms with Gasteiger partial charge in [-0.1, -0.05) is 11.8 Å². The van der Waals surface area contributed by atoms with E-state index in [2.05, 4.69) is 21.5 Å². The molecule has 0 radical (unpaired) electrons. The molecule has 0 aliphatic carbocycles. The highest BCUT2D eigenvalue weighted by atomic mass is 32.2. The Morgan fingerprint density at radius 2 is 2.24 bits per heavy atom. The van der Waals surface area contributed by atoms with E-state index >= 15 is 0 Å². The maximum atomic E-state index is 11.6. The molecule has 17 heavy (non-hydrogen) atoms. The van der Waals surface area contributed by atoms with E-state index in [0.29, 0.717) is 5.56 Å². The van der Waals surface area contributed by atoms with Crippen molar-refractivity contribution < 1.29 is 13.5 Å². The maximum Gasteiger partial charge on any atom is 0.236 e. The van der Waals surface area contributed by atoms with E-state index < -0.39 is 15.3 Å². The summed E-state index contributed by atoms with van der Waals surface area (Å²) >= 11 is 0. The Kier molecular flexibility index (Phi) is 4.49. The molecule has 0 aliphatic rings. The number of nitrogens with one attached hydrogen (secondary N) is 1. The lowest BCUT2D eigenvalue weighted by Gasteiger charge is -2.09. The Bertz CT molecular complexity index is 541. The van der Waals surface area contributed by atoms with E-state index in [9.17, 15) is 8.42 Å². The molecule has 0 unspecified atom stereocenters. The van der Waals surface area contributed by atoms with Gasteiger partial charge in [-0.2, -0.15) is 0 Å². The zero-order valence-electron chi connectivity index (χ0n) is 9.64. The number of anilines is 1. The number of pyridine rings is 1. The van der Waals surface area contributed by atoms with Gasteiger partial charge in [0.25, 0.3) is 0 Å². The van der Waals surface area contributed by atoms with Crippen LogP contribution in [0.3, 0.4) is 0 Å². The smallest absolute Gasteiger partial charge is 0.236 e. The normalized spacial score (nSPS) is 10.8. The van der Waals surface area contributed by atoms with E-state index in [1.807, 2.05) is 0 Å². The molecule has 0 aliphatic heterocycles. The molecule has 92 valence electrons. The minimum Gasteiger partial charge on any atom is -0.384 e. The van der Waals surface area contributed by atoms with Gasteiger partial charge in [-0.25, -0.2) is 13.4 Å². The van der Waals surface area contributed by atoms with Gasteiger partial charge in [0, 0.05) is 11.8 Å². The first-order valence-electron chi connectivity index (χ1n) is 5.03. The second kappa shape index (κ2) is 5.66. The van der Waals surface area contributed by atoms with Crippen molar-refractivity contribution in [2.75, 3.05) is 11.3 Å². The highest BCUT2D eigenvalue weighted by molar-refractivity contribution is 7.93. The van der Waals surface area contributed by atoms with Gasteiger partial charge in [0.05, 0.1) is 5.25 Å². The molecule has 1 aromatic heterocycles. The number of aliphatic hydroxyl groups is 1. The molecule has 1 heterocycles. The minimum absolute atomic E-state index is 0.225. The van der Waals surface area contributed by atoms with Gasteiger partial charge >= 0.3 is 0 Å². The lowest BCUT2D eigenvalue weighted by atomic mass is 10.2. The molecular formula is C11H14N2O3S. The fraction of sp³-hybridized carbons (Fsp3) is 0.364. The van der Waals surface area contributed by atoms with E-state index in [1.54, 1.807) is 19.9 Å². The Hall–Kier alpha value is -1.58. The van der Waals surface area contributed by atoms with Crippen molar-refractivity contribution in [1.82, 2.24) is 4.98 Å². The largest absolute Gasteiger partial charge is 0.384 e. The predicted molar refractivity (Wildman–Crippen MR) is 65.9 cm³/mol. The zero-order chi connectivity index (χ0) is 12.9. The van der Waals surface area contributed by atoms with Crippen LogP contribution < -0.4 is 4.72 Å². The van der Waals surface area contributed by atoms with Crippen LogP contribution in [-0.4, -0.2) is 30.4 Å². The van der Waals surface area contributed by atoms with Crippen molar-refractivity contribution in [1.29, 1.82) is 0 Å². The molecule has 0 atom stereocenters. The first-order valence-corrected chi connectivity index (χ1v) is 6.58. The van der Waals surface area contributed by atoms with Crippen LogP contribution in [0.5, 0.6) is 0 Å². The second-order valence-corrected chi connectivity index (χ2v) is 5.82. The molecule has 0 spiro atoms. The minimum atomic E-state index is -3.40. The lowest BCUT2D eigenvalue weighted by molar-refractivity contribution is 0.350. The van der Waals surface area contributed by atoms with Crippen molar-refractivity contribution in [2.24, 2.45) is 0 Å². The van der Waals surface area contributed by atoms with E-state index in [-0.39, 0.29) is 12.4 Å². The van der Waals surface area contributed by atoms with Crippen LogP contribution in [0.4, 0.5) is 5.82 Å². The van der Waals surface area contributed by atoms with Crippen LogP contribution in [0.25, 0.3) is 0 Å². The predicted octanol–water partition coefficient (Wildman–Crippen LogP) is 0.575. The molecule has 0 saturated heterocycles. The number of rotatable bonds is 3. The van der Waals surface area contributed by atoms with Crippen LogP contribution in [0.15, 0.2) is 18.3 Å². The molecule has 1 aromatic rings. The molecule has 0 bridgehead atoms. The first kappa shape index (κ1) is 13.5. The van der Waals surface area contributed by atoms with Gasteiger partial charge in [-0.3, -0.25) is 4.72 Å². The third-order valence-electron chi connectivity index (χ3n) is 1.94. The Labute approximate surface area is 101 Å². The summed E-state index contributed by atoms with van der Waals surface area (Å²) in [5, 5.41) is 8.02. The van der Waals surface area contributed by atoms with Crippen molar-refractivity contribution >= 4 is 15.8 Å². The summed E-state index contributed by atoms with van der Waals surface area (Å²) in [5.41, 5.74) is 0.593. The number of nitrogens with zero attached hydrogens (tertiary/aromatic N) is 1. The molecule has 0 aromatic carbocycles. The Balaban J connectivity index is 2.94. The van der Waals surface area contributed by atoms with Gasteiger partial charge < -0.3 is 5.11 Å². The molecule has 0 saturated carbocycles. The summed E-state index contributed by atoms with van der Waals surface area (Å²) in [6.45, 7) is 2.92. The standard InChI is InChI=1S/C11H14N2O3S/c1-9(2)17(15,16)13-11-8-10(4-3-7-14)5-6-12-11/h5-6,8-9,14H,7H2,1-2H3,(H,12,13). The summed E-state index contributed by atoms with van der Waals surface area (Å²) in [7, 11) is -3.40. The third-order valence-corrected chi connectivity index (χ3v) is 3.67. The molecule has 5 nitrogen and oxygen atoms in total. The van der Waals surface area contributed by atoms with Crippen molar-refractivity contribution in [3.05, 3.63) is 23.9 Å². The quantitative estimate of drug-likeness (QED) is 0.773. The first-order chi connectivity index (χ1) is 7.95. The zero-order valence-corrected chi connectivity index (χ0v) is 10.5. The number of hydrogen-bond donors (Lipinski definition) is 2. The fourth-order valence-corrected chi connectivity index (χ4v) is 1.61. The van der Waals surface area contributed by atoms with Gasteiger partial charge in [-0.05, 0) is 26.0 Å². The molecular weight excluding hydrogens is 240 g/mol. The van der Waals surface area contributed by atoms with Gasteiger partial charge in [0.2, 0.25) is 10.0 Å². The van der Waals surface area contributed by atoms with Crippen LogP contribution in [0.1, 0.15) is 19.4 Å². The summed E-state index contributed by atoms with van der Waals surface area (Å²) in [6, 6.07) is 3.15. The van der Waals surface area contributed by atoms with Crippen molar-refractivity contribution in [2.45, 2.75) is 19.1 Å². The van der Waals surface area contributed by atoms with Crippen LogP contribution in [-0.2, 0) is 10.0 Å². The molecule has 6 heteroatoms. The highest BCUT2D eigenvalue weighted by Crippen LogP contribution is 2.10. The lowest BCUT2D eigenvalue weighted by Crippen LogP contribution is -2.23. The highest BCUT2D eigenvalue weighted by Gasteiger charge is 2.15. The van der Waals surface area contributed by atoms with E-state index in [4.69, 9.17) is 5.11 Å². The SMILES string of the molecule is CC(C)S(=O)(=O)Nc1cc(C#CCO)ccn1. The second-order valence-electron chi connectivity index (χ2n) is 3.59. The molecule has 2 N–H and O–H groups in total. The maximum absolute atomic E-state index is 11.6. The average molecular weight is 254 g/mol. The van der Waals surface area contributed by atoms with E-state index in [0.717, 1.165) is 0 Å². The van der Waals surface area contributed by atoms with Crippen molar-refractivity contribution in [3.63, 3.8) is 0 Å². The summed E-state index contributed by atoms with van der Waals surface area (Å²) < 4.78 is 25.6. The average Bonchev–Trinajstić information content (AvgIpc) is 2.26. The Morgan fingerprint density at radius 1 is 1.53 bits per heavy atom. The Morgan fingerprint density at radius 3 is 2.82 bits per heavy atom. The van der Waals surface area contributed by atoms with Crippen molar-refractivity contribution in [3.8, 4) is 11.8 Å². The van der Waals surface area contributed by atoms with Gasteiger partial charge in [0.1, 0.15) is 12.4 Å². The number of hydrogen-bond acceptors (Lipinski definition) is 4. The number of sulfonamides is 1. The summed E-state index contributed by atoms with van der Waals surface area (Å²) in [6.07, 6.45) is 1.46.